The Morgan fingerprint density at radius 1 is 1.61 bits per heavy atom. The van der Waals surface area contributed by atoms with Crippen LogP contribution in [0.2, 0.25) is 0 Å². The molecule has 1 heterocycles. The van der Waals surface area contributed by atoms with Gasteiger partial charge in [-0.15, -0.1) is 0 Å². The van der Waals surface area contributed by atoms with Crippen LogP contribution in [0.3, 0.4) is 0 Å². The highest BCUT2D eigenvalue weighted by molar-refractivity contribution is 5.90. The van der Waals surface area contributed by atoms with Crippen molar-refractivity contribution in [2.75, 3.05) is 24.7 Å². The molecule has 1 aromatic rings. The Bertz CT molecular complexity index is 447. The van der Waals surface area contributed by atoms with Gasteiger partial charge in [0.2, 0.25) is 0 Å². The smallest absolute Gasteiger partial charge is 0.414 e. The van der Waals surface area contributed by atoms with Crippen LogP contribution in [0.4, 0.5) is 10.5 Å². The van der Waals surface area contributed by atoms with E-state index in [0.29, 0.717) is 24.6 Å². The van der Waals surface area contributed by atoms with Crippen molar-refractivity contribution in [2.45, 2.75) is 20.0 Å². The average Bonchev–Trinajstić information content (AvgIpc) is 2.37. The number of rotatable bonds is 2. The van der Waals surface area contributed by atoms with Crippen molar-refractivity contribution in [1.82, 2.24) is 0 Å². The first-order valence-corrected chi connectivity index (χ1v) is 5.98. The fourth-order valence-corrected chi connectivity index (χ4v) is 1.93. The summed E-state index contributed by atoms with van der Waals surface area (Å²) in [5.41, 5.74) is 1.72. The number of anilines is 1. The third kappa shape index (κ3) is 2.41. The average molecular weight is 251 g/mol. The molecule has 5 nitrogen and oxygen atoms in total. The van der Waals surface area contributed by atoms with Crippen molar-refractivity contribution in [3.63, 3.8) is 0 Å². The van der Waals surface area contributed by atoms with Gasteiger partial charge in [-0.3, -0.25) is 4.90 Å². The predicted molar refractivity (Wildman–Crippen MR) is 67.0 cm³/mol. The molecule has 5 heteroatoms. The summed E-state index contributed by atoms with van der Waals surface area (Å²) in [7, 11) is 0. The minimum atomic E-state index is -0.413. The Labute approximate surface area is 106 Å². The van der Waals surface area contributed by atoms with E-state index in [9.17, 15) is 9.90 Å². The maximum absolute atomic E-state index is 11.9. The lowest BCUT2D eigenvalue weighted by Gasteiger charge is -2.33. The molecule has 0 spiro atoms. The molecule has 1 aliphatic rings. The van der Waals surface area contributed by atoms with E-state index in [0.717, 1.165) is 5.56 Å². The first kappa shape index (κ1) is 12.7. The number of benzene rings is 1. The summed E-state index contributed by atoms with van der Waals surface area (Å²) in [6.07, 6.45) is -0.826. The molecule has 0 bridgehead atoms. The molecule has 1 N–H and O–H groups in total. The number of aliphatic hydroxyl groups is 1. The third-order valence-electron chi connectivity index (χ3n) is 2.78. The SMILES string of the molecule is CCOC(=O)N1CC(CO)Oc2cc(C)ccc21. The summed E-state index contributed by atoms with van der Waals surface area (Å²) < 4.78 is 10.6. The molecular formula is C13H17NO4. The van der Waals surface area contributed by atoms with E-state index in [1.807, 2.05) is 25.1 Å². The van der Waals surface area contributed by atoms with Gasteiger partial charge in [0.1, 0.15) is 11.9 Å². The maximum Gasteiger partial charge on any atom is 0.414 e. The molecular weight excluding hydrogens is 234 g/mol. The molecule has 0 aromatic heterocycles. The lowest BCUT2D eigenvalue weighted by Crippen LogP contribution is -2.45. The number of fused-ring (bicyclic) bond motifs is 1. The number of aryl methyl sites for hydroxylation is 1. The molecule has 0 radical (unpaired) electrons. The van der Waals surface area contributed by atoms with Gasteiger partial charge in [-0.25, -0.2) is 4.79 Å². The highest BCUT2D eigenvalue weighted by Gasteiger charge is 2.30. The topological polar surface area (TPSA) is 59.0 Å². The molecule has 1 aromatic carbocycles. The van der Waals surface area contributed by atoms with Crippen molar-refractivity contribution in [1.29, 1.82) is 0 Å². The fraction of sp³-hybridized carbons (Fsp3) is 0.462. The zero-order valence-electron chi connectivity index (χ0n) is 10.5. The number of amides is 1. The van der Waals surface area contributed by atoms with E-state index in [2.05, 4.69) is 0 Å². The Balaban J connectivity index is 2.33. The molecule has 18 heavy (non-hydrogen) atoms. The quantitative estimate of drug-likeness (QED) is 0.869. The van der Waals surface area contributed by atoms with Crippen LogP contribution in [-0.4, -0.2) is 37.1 Å². The van der Waals surface area contributed by atoms with Crippen LogP contribution in [0.5, 0.6) is 5.75 Å². The lowest BCUT2D eigenvalue weighted by molar-refractivity contribution is 0.105. The van der Waals surface area contributed by atoms with Crippen LogP contribution < -0.4 is 9.64 Å². The molecule has 1 unspecified atom stereocenters. The van der Waals surface area contributed by atoms with Crippen LogP contribution in [0.15, 0.2) is 18.2 Å². The second-order valence-electron chi connectivity index (χ2n) is 4.20. The molecule has 0 aliphatic carbocycles. The monoisotopic (exact) mass is 251 g/mol. The Hall–Kier alpha value is -1.75. The predicted octanol–water partition coefficient (Wildman–Crippen LogP) is 1.71. The van der Waals surface area contributed by atoms with Gasteiger partial charge in [-0.2, -0.15) is 0 Å². The number of carbonyl (C=O) groups is 1. The van der Waals surface area contributed by atoms with Crippen LogP contribution in [0, 0.1) is 6.92 Å². The summed E-state index contributed by atoms with van der Waals surface area (Å²) in [6, 6.07) is 5.59. The van der Waals surface area contributed by atoms with Gasteiger partial charge in [0.25, 0.3) is 0 Å². The van der Waals surface area contributed by atoms with Crippen molar-refractivity contribution in [3.05, 3.63) is 23.8 Å². The molecule has 2 rings (SSSR count). The summed E-state index contributed by atoms with van der Waals surface area (Å²) in [5, 5.41) is 9.21. The van der Waals surface area contributed by atoms with Gasteiger partial charge in [-0.05, 0) is 31.5 Å². The van der Waals surface area contributed by atoms with Gasteiger partial charge < -0.3 is 14.6 Å². The van der Waals surface area contributed by atoms with E-state index < -0.39 is 12.2 Å². The van der Waals surface area contributed by atoms with Gasteiger partial charge in [0, 0.05) is 0 Å². The van der Waals surface area contributed by atoms with E-state index in [1.165, 1.54) is 4.90 Å². The van der Waals surface area contributed by atoms with Crippen LogP contribution in [0.25, 0.3) is 0 Å². The van der Waals surface area contributed by atoms with Gasteiger partial charge in [-0.1, -0.05) is 6.07 Å². The normalized spacial score (nSPS) is 17.9. The first-order valence-electron chi connectivity index (χ1n) is 5.98. The number of hydrogen-bond donors (Lipinski definition) is 1. The molecule has 1 aliphatic heterocycles. The Morgan fingerprint density at radius 2 is 2.39 bits per heavy atom. The second kappa shape index (κ2) is 5.27. The standard InChI is InChI=1S/C13H17NO4/c1-3-17-13(16)14-7-10(8-15)18-12-6-9(2)4-5-11(12)14/h4-6,10,15H,3,7-8H2,1-2H3. The number of nitrogens with zero attached hydrogens (tertiary/aromatic N) is 1. The number of aliphatic hydroxyl groups excluding tert-OH is 1. The molecule has 1 atom stereocenters. The summed E-state index contributed by atoms with van der Waals surface area (Å²) in [6.45, 7) is 4.19. The van der Waals surface area contributed by atoms with E-state index in [-0.39, 0.29) is 6.61 Å². The summed E-state index contributed by atoms with van der Waals surface area (Å²) >= 11 is 0. The first-order chi connectivity index (χ1) is 8.65. The van der Waals surface area contributed by atoms with Gasteiger partial charge in [0.05, 0.1) is 25.4 Å². The van der Waals surface area contributed by atoms with Crippen molar-refractivity contribution in [2.24, 2.45) is 0 Å². The summed E-state index contributed by atoms with van der Waals surface area (Å²) in [4.78, 5) is 13.4. The van der Waals surface area contributed by atoms with E-state index in [1.54, 1.807) is 6.92 Å². The highest BCUT2D eigenvalue weighted by Crippen LogP contribution is 2.34. The maximum atomic E-state index is 11.9. The number of carbonyl (C=O) groups excluding carboxylic acids is 1. The van der Waals surface area contributed by atoms with Crippen LogP contribution >= 0.6 is 0 Å². The zero-order valence-corrected chi connectivity index (χ0v) is 10.5. The Kier molecular flexibility index (Phi) is 3.72. The number of ether oxygens (including phenoxy) is 2. The molecule has 0 saturated heterocycles. The second-order valence-corrected chi connectivity index (χ2v) is 4.20. The minimum absolute atomic E-state index is 0.136. The van der Waals surface area contributed by atoms with Gasteiger partial charge >= 0.3 is 6.09 Å². The van der Waals surface area contributed by atoms with Crippen molar-refractivity contribution in [3.8, 4) is 5.75 Å². The van der Waals surface area contributed by atoms with Gasteiger partial charge in [0.15, 0.2) is 0 Å². The summed E-state index contributed by atoms with van der Waals surface area (Å²) in [5.74, 6) is 0.605. The molecule has 98 valence electrons. The third-order valence-corrected chi connectivity index (χ3v) is 2.78. The van der Waals surface area contributed by atoms with E-state index >= 15 is 0 Å². The van der Waals surface area contributed by atoms with Crippen LogP contribution in [-0.2, 0) is 4.74 Å². The Morgan fingerprint density at radius 3 is 3.06 bits per heavy atom. The lowest BCUT2D eigenvalue weighted by atomic mass is 10.1. The van der Waals surface area contributed by atoms with Crippen molar-refractivity contribution < 1.29 is 19.4 Å². The highest BCUT2D eigenvalue weighted by atomic mass is 16.6. The zero-order chi connectivity index (χ0) is 13.1. The van der Waals surface area contributed by atoms with E-state index in [4.69, 9.17) is 9.47 Å². The fourth-order valence-electron chi connectivity index (χ4n) is 1.93. The minimum Gasteiger partial charge on any atom is -0.484 e. The molecule has 0 saturated carbocycles. The van der Waals surface area contributed by atoms with Crippen LogP contribution in [0.1, 0.15) is 12.5 Å². The molecule has 0 fully saturated rings. The van der Waals surface area contributed by atoms with Crippen molar-refractivity contribution >= 4 is 11.8 Å². The largest absolute Gasteiger partial charge is 0.484 e. The number of hydrogen-bond acceptors (Lipinski definition) is 4. The molecule has 1 amide bonds.